The van der Waals surface area contributed by atoms with E-state index in [0.29, 0.717) is 0 Å². The van der Waals surface area contributed by atoms with Crippen molar-refractivity contribution in [3.05, 3.63) is 29.3 Å². The Morgan fingerprint density at radius 1 is 1.41 bits per heavy atom. The molecule has 1 aromatic rings. The van der Waals surface area contributed by atoms with Crippen molar-refractivity contribution < 1.29 is 14.6 Å². The Morgan fingerprint density at radius 2 is 2.24 bits per heavy atom. The number of carbonyl (C=O) groups is 1. The highest BCUT2D eigenvalue weighted by Crippen LogP contribution is 2.52. The lowest BCUT2D eigenvalue weighted by Crippen LogP contribution is -2.15. The van der Waals surface area contributed by atoms with E-state index in [9.17, 15) is 4.79 Å². The maximum absolute atomic E-state index is 10.9. The molecule has 0 aromatic heterocycles. The highest BCUT2D eigenvalue weighted by atomic mass is 16.5. The molecule has 3 nitrogen and oxygen atoms in total. The SMILES string of the molecule is O=C(O)CC1(c2ccc3c(c2)OCCC3)CC1. The molecular weight excluding hydrogens is 216 g/mol. The van der Waals surface area contributed by atoms with Crippen LogP contribution in [0.5, 0.6) is 5.75 Å². The van der Waals surface area contributed by atoms with Crippen LogP contribution in [0.1, 0.15) is 36.8 Å². The van der Waals surface area contributed by atoms with E-state index in [4.69, 9.17) is 9.84 Å². The van der Waals surface area contributed by atoms with Gasteiger partial charge in [0, 0.05) is 5.41 Å². The molecule has 0 saturated heterocycles. The third-order valence-electron chi connectivity index (χ3n) is 3.87. The van der Waals surface area contributed by atoms with Gasteiger partial charge in [0.15, 0.2) is 0 Å². The van der Waals surface area contributed by atoms with Crippen LogP contribution in [0.2, 0.25) is 0 Å². The van der Waals surface area contributed by atoms with Crippen molar-refractivity contribution in [2.24, 2.45) is 0 Å². The minimum absolute atomic E-state index is 0.109. The molecule has 3 rings (SSSR count). The van der Waals surface area contributed by atoms with Crippen molar-refractivity contribution in [3.8, 4) is 5.75 Å². The Labute approximate surface area is 100 Å². The van der Waals surface area contributed by atoms with E-state index in [0.717, 1.165) is 43.6 Å². The molecule has 3 heteroatoms. The van der Waals surface area contributed by atoms with Gasteiger partial charge in [0.25, 0.3) is 0 Å². The Bertz CT molecular complexity index is 461. The average molecular weight is 232 g/mol. The van der Waals surface area contributed by atoms with Gasteiger partial charge in [-0.1, -0.05) is 12.1 Å². The molecule has 17 heavy (non-hydrogen) atoms. The largest absolute Gasteiger partial charge is 0.493 e. The average Bonchev–Trinajstić information content (AvgIpc) is 3.08. The molecule has 1 aliphatic carbocycles. The van der Waals surface area contributed by atoms with Crippen LogP contribution in [0.3, 0.4) is 0 Å². The van der Waals surface area contributed by atoms with Crippen LogP contribution in [-0.2, 0) is 16.6 Å². The summed E-state index contributed by atoms with van der Waals surface area (Å²) in [7, 11) is 0. The zero-order valence-electron chi connectivity index (χ0n) is 9.74. The quantitative estimate of drug-likeness (QED) is 0.871. The Morgan fingerprint density at radius 3 is 2.94 bits per heavy atom. The van der Waals surface area contributed by atoms with E-state index >= 15 is 0 Å². The molecule has 1 heterocycles. The van der Waals surface area contributed by atoms with Crippen LogP contribution < -0.4 is 4.74 Å². The fourth-order valence-electron chi connectivity index (χ4n) is 2.68. The van der Waals surface area contributed by atoms with Crippen molar-refractivity contribution in [3.63, 3.8) is 0 Å². The van der Waals surface area contributed by atoms with E-state index < -0.39 is 5.97 Å². The molecule has 90 valence electrons. The molecule has 0 amide bonds. The fourth-order valence-corrected chi connectivity index (χ4v) is 2.68. The molecule has 0 spiro atoms. The fraction of sp³-hybridized carbons (Fsp3) is 0.500. The molecule has 0 radical (unpaired) electrons. The van der Waals surface area contributed by atoms with Gasteiger partial charge in [0.1, 0.15) is 5.75 Å². The van der Waals surface area contributed by atoms with Gasteiger partial charge in [-0.25, -0.2) is 0 Å². The highest BCUT2D eigenvalue weighted by Gasteiger charge is 2.46. The predicted molar refractivity (Wildman–Crippen MR) is 63.4 cm³/mol. The molecule has 0 atom stereocenters. The topological polar surface area (TPSA) is 46.5 Å². The maximum Gasteiger partial charge on any atom is 0.304 e. The molecule has 2 aliphatic rings. The molecule has 1 N–H and O–H groups in total. The smallest absolute Gasteiger partial charge is 0.304 e. The van der Waals surface area contributed by atoms with Gasteiger partial charge in [0.05, 0.1) is 13.0 Å². The third kappa shape index (κ3) is 1.90. The van der Waals surface area contributed by atoms with Gasteiger partial charge in [0.2, 0.25) is 0 Å². The zero-order valence-corrected chi connectivity index (χ0v) is 9.74. The van der Waals surface area contributed by atoms with Gasteiger partial charge in [-0.3, -0.25) is 4.79 Å². The molecule has 1 aromatic carbocycles. The Balaban J connectivity index is 1.91. The lowest BCUT2D eigenvalue weighted by Gasteiger charge is -2.20. The number of benzene rings is 1. The molecule has 1 saturated carbocycles. The zero-order chi connectivity index (χ0) is 11.9. The monoisotopic (exact) mass is 232 g/mol. The number of fused-ring (bicyclic) bond motifs is 1. The van der Waals surface area contributed by atoms with E-state index in [2.05, 4.69) is 18.2 Å². The van der Waals surface area contributed by atoms with Gasteiger partial charge in [-0.05, 0) is 42.9 Å². The molecular formula is C14H16O3. The number of hydrogen-bond acceptors (Lipinski definition) is 2. The lowest BCUT2D eigenvalue weighted by molar-refractivity contribution is -0.137. The summed E-state index contributed by atoms with van der Waals surface area (Å²) in [5.41, 5.74) is 2.29. The van der Waals surface area contributed by atoms with Crippen LogP contribution in [0.25, 0.3) is 0 Å². The van der Waals surface area contributed by atoms with Crippen LogP contribution >= 0.6 is 0 Å². The Hall–Kier alpha value is -1.51. The summed E-state index contributed by atoms with van der Waals surface area (Å²) in [6.45, 7) is 0.780. The van der Waals surface area contributed by atoms with E-state index in [1.165, 1.54) is 5.56 Å². The lowest BCUT2D eigenvalue weighted by atomic mass is 9.90. The van der Waals surface area contributed by atoms with Crippen molar-refractivity contribution in [2.45, 2.75) is 37.5 Å². The number of hydrogen-bond donors (Lipinski definition) is 1. The van der Waals surface area contributed by atoms with Gasteiger partial charge >= 0.3 is 5.97 Å². The normalized spacial score (nSPS) is 20.2. The highest BCUT2D eigenvalue weighted by molar-refractivity contribution is 5.70. The predicted octanol–water partition coefficient (Wildman–Crippen LogP) is 2.52. The summed E-state index contributed by atoms with van der Waals surface area (Å²) in [6.07, 6.45) is 4.36. The molecule has 1 fully saturated rings. The van der Waals surface area contributed by atoms with E-state index in [1.807, 2.05) is 0 Å². The van der Waals surface area contributed by atoms with Crippen LogP contribution in [0.4, 0.5) is 0 Å². The minimum Gasteiger partial charge on any atom is -0.493 e. The van der Waals surface area contributed by atoms with E-state index in [1.54, 1.807) is 0 Å². The number of aliphatic carboxylic acids is 1. The first-order valence-corrected chi connectivity index (χ1v) is 6.18. The number of ether oxygens (including phenoxy) is 1. The number of carboxylic acids is 1. The molecule has 0 bridgehead atoms. The number of carboxylic acid groups (broad SMARTS) is 1. The van der Waals surface area contributed by atoms with Crippen LogP contribution in [0.15, 0.2) is 18.2 Å². The summed E-state index contributed by atoms with van der Waals surface area (Å²) in [6, 6.07) is 6.25. The van der Waals surface area contributed by atoms with E-state index in [-0.39, 0.29) is 11.8 Å². The van der Waals surface area contributed by atoms with Crippen LogP contribution in [-0.4, -0.2) is 17.7 Å². The van der Waals surface area contributed by atoms with Crippen molar-refractivity contribution >= 4 is 5.97 Å². The first-order chi connectivity index (χ1) is 8.20. The first kappa shape index (κ1) is 10.6. The number of aryl methyl sites for hydroxylation is 1. The van der Waals surface area contributed by atoms with Gasteiger partial charge in [-0.2, -0.15) is 0 Å². The summed E-state index contributed by atoms with van der Waals surface area (Å²) in [5.74, 6) is 0.256. The summed E-state index contributed by atoms with van der Waals surface area (Å²) in [4.78, 5) is 10.9. The molecule has 1 aliphatic heterocycles. The van der Waals surface area contributed by atoms with Gasteiger partial charge in [-0.15, -0.1) is 0 Å². The Kier molecular flexibility index (Phi) is 2.35. The second kappa shape index (κ2) is 3.76. The standard InChI is InChI=1S/C14H16O3/c15-13(16)9-14(5-6-14)11-4-3-10-2-1-7-17-12(10)8-11/h3-4,8H,1-2,5-7,9H2,(H,15,16). The second-order valence-corrected chi connectivity index (χ2v) is 5.13. The number of rotatable bonds is 3. The first-order valence-electron chi connectivity index (χ1n) is 6.18. The summed E-state index contributed by atoms with van der Waals surface area (Å²) in [5, 5.41) is 8.96. The van der Waals surface area contributed by atoms with Crippen LogP contribution in [0, 0.1) is 0 Å². The molecule has 0 unspecified atom stereocenters. The maximum atomic E-state index is 10.9. The second-order valence-electron chi connectivity index (χ2n) is 5.13. The van der Waals surface area contributed by atoms with Gasteiger partial charge < -0.3 is 9.84 Å². The van der Waals surface area contributed by atoms with Crippen molar-refractivity contribution in [1.82, 2.24) is 0 Å². The minimum atomic E-state index is -0.707. The van der Waals surface area contributed by atoms with Crippen molar-refractivity contribution in [2.75, 3.05) is 6.61 Å². The summed E-state index contributed by atoms with van der Waals surface area (Å²) >= 11 is 0. The van der Waals surface area contributed by atoms with Crippen molar-refractivity contribution in [1.29, 1.82) is 0 Å². The summed E-state index contributed by atoms with van der Waals surface area (Å²) < 4.78 is 5.64. The third-order valence-corrected chi connectivity index (χ3v) is 3.87.